The molecule has 1 unspecified atom stereocenters. The normalized spacial score (nSPS) is 11.9. The summed E-state index contributed by atoms with van der Waals surface area (Å²) >= 11 is 1.29. The van der Waals surface area contributed by atoms with Crippen molar-refractivity contribution in [3.8, 4) is 11.9 Å². The molecule has 0 amide bonds. The molecule has 2 heterocycles. The molecule has 148 valence electrons. The van der Waals surface area contributed by atoms with E-state index in [1.54, 1.807) is 12.3 Å². The highest BCUT2D eigenvalue weighted by Crippen LogP contribution is 2.26. The first kappa shape index (κ1) is 19.9. The summed E-state index contributed by atoms with van der Waals surface area (Å²) in [6.45, 7) is 3.99. The lowest BCUT2D eigenvalue weighted by Crippen LogP contribution is -2.23. The van der Waals surface area contributed by atoms with E-state index >= 15 is 0 Å². The van der Waals surface area contributed by atoms with Gasteiger partial charge in [0.2, 0.25) is 0 Å². The van der Waals surface area contributed by atoms with Gasteiger partial charge in [0, 0.05) is 6.20 Å². The van der Waals surface area contributed by atoms with Gasteiger partial charge in [-0.3, -0.25) is 4.79 Å². The Hall–Kier alpha value is -3.43. The fourth-order valence-electron chi connectivity index (χ4n) is 3.22. The van der Waals surface area contributed by atoms with Crippen LogP contribution in [0.4, 0.5) is 0 Å². The molecule has 0 saturated carbocycles. The first-order valence-electron chi connectivity index (χ1n) is 9.62. The van der Waals surface area contributed by atoms with Gasteiger partial charge in [0.1, 0.15) is 11.1 Å². The SMILES string of the molecule is Cc1ccc(CC(C#N)Sc2nc3ccccc3c(=O)n2-c2cc(C)ccn2)cc1. The molecular weight excluding hydrogens is 392 g/mol. The highest BCUT2D eigenvalue weighted by atomic mass is 32.2. The maximum atomic E-state index is 13.3. The summed E-state index contributed by atoms with van der Waals surface area (Å²) in [6, 6.07) is 21.5. The lowest BCUT2D eigenvalue weighted by Gasteiger charge is -2.15. The van der Waals surface area contributed by atoms with E-state index in [0.717, 1.165) is 11.1 Å². The first-order valence-corrected chi connectivity index (χ1v) is 10.5. The molecule has 30 heavy (non-hydrogen) atoms. The van der Waals surface area contributed by atoms with Crippen LogP contribution in [0.25, 0.3) is 16.7 Å². The first-order chi connectivity index (χ1) is 14.5. The van der Waals surface area contributed by atoms with E-state index < -0.39 is 5.25 Å². The van der Waals surface area contributed by atoms with E-state index in [1.807, 2.05) is 68.4 Å². The van der Waals surface area contributed by atoms with Crippen LogP contribution in [0.15, 0.2) is 76.8 Å². The predicted octanol–water partition coefficient (Wildman–Crippen LogP) is 4.62. The molecule has 0 aliphatic carbocycles. The second kappa shape index (κ2) is 8.52. The van der Waals surface area contributed by atoms with Crippen molar-refractivity contribution in [1.82, 2.24) is 14.5 Å². The Labute approximate surface area is 179 Å². The summed E-state index contributed by atoms with van der Waals surface area (Å²) in [6.07, 6.45) is 2.24. The minimum atomic E-state index is -0.392. The van der Waals surface area contributed by atoms with Crippen molar-refractivity contribution in [3.63, 3.8) is 0 Å². The van der Waals surface area contributed by atoms with Gasteiger partial charge in [0.25, 0.3) is 5.56 Å². The third kappa shape index (κ3) is 4.12. The summed E-state index contributed by atoms with van der Waals surface area (Å²) in [5.41, 5.74) is 3.67. The molecule has 0 bridgehead atoms. The molecule has 0 radical (unpaired) electrons. The van der Waals surface area contributed by atoms with Gasteiger partial charge in [-0.05, 0) is 55.7 Å². The number of benzene rings is 2. The summed E-state index contributed by atoms with van der Waals surface area (Å²) in [5.74, 6) is 0.507. The maximum absolute atomic E-state index is 13.3. The Morgan fingerprint density at radius 3 is 2.57 bits per heavy atom. The second-order valence-corrected chi connectivity index (χ2v) is 8.34. The predicted molar refractivity (Wildman–Crippen MR) is 120 cm³/mol. The number of rotatable bonds is 5. The zero-order valence-electron chi connectivity index (χ0n) is 16.7. The average Bonchev–Trinajstić information content (AvgIpc) is 2.75. The fourth-order valence-corrected chi connectivity index (χ4v) is 4.23. The Morgan fingerprint density at radius 2 is 1.83 bits per heavy atom. The van der Waals surface area contributed by atoms with Gasteiger partial charge in [-0.25, -0.2) is 14.5 Å². The molecule has 6 heteroatoms. The molecule has 0 spiro atoms. The van der Waals surface area contributed by atoms with E-state index in [0.29, 0.717) is 28.3 Å². The molecule has 0 saturated heterocycles. The van der Waals surface area contributed by atoms with Gasteiger partial charge in [-0.15, -0.1) is 0 Å². The second-order valence-electron chi connectivity index (χ2n) is 7.17. The molecule has 2 aromatic carbocycles. The highest BCUT2D eigenvalue weighted by Gasteiger charge is 2.19. The van der Waals surface area contributed by atoms with Crippen LogP contribution in [0, 0.1) is 25.2 Å². The van der Waals surface area contributed by atoms with Crippen LogP contribution in [0.1, 0.15) is 16.7 Å². The Kier molecular flexibility index (Phi) is 5.64. The van der Waals surface area contributed by atoms with Crippen molar-refractivity contribution >= 4 is 22.7 Å². The summed E-state index contributed by atoms with van der Waals surface area (Å²) < 4.78 is 1.51. The van der Waals surface area contributed by atoms with Crippen LogP contribution in [-0.2, 0) is 6.42 Å². The van der Waals surface area contributed by atoms with Crippen LogP contribution in [-0.4, -0.2) is 19.8 Å². The quantitative estimate of drug-likeness (QED) is 0.353. The van der Waals surface area contributed by atoms with Gasteiger partial charge in [-0.1, -0.05) is 53.7 Å². The lowest BCUT2D eigenvalue weighted by molar-refractivity contribution is 0.791. The van der Waals surface area contributed by atoms with E-state index in [9.17, 15) is 10.1 Å². The Morgan fingerprint density at radius 1 is 1.07 bits per heavy atom. The standard InChI is InChI=1S/C24H20N4OS/c1-16-7-9-18(10-8-16)14-19(15-25)30-24-27-21-6-4-3-5-20(21)23(29)28(24)22-13-17(2)11-12-26-22/h3-13,19H,14H2,1-2H3. The minimum Gasteiger partial charge on any atom is -0.268 e. The monoisotopic (exact) mass is 412 g/mol. The number of aromatic nitrogens is 3. The van der Waals surface area contributed by atoms with Crippen LogP contribution in [0.2, 0.25) is 0 Å². The Balaban J connectivity index is 1.80. The van der Waals surface area contributed by atoms with E-state index in [1.165, 1.54) is 21.9 Å². The summed E-state index contributed by atoms with van der Waals surface area (Å²) in [5, 5.41) is 10.4. The lowest BCUT2D eigenvalue weighted by atomic mass is 10.1. The molecule has 5 nitrogen and oxygen atoms in total. The van der Waals surface area contributed by atoms with Crippen LogP contribution in [0.5, 0.6) is 0 Å². The van der Waals surface area contributed by atoms with Crippen molar-refractivity contribution in [1.29, 1.82) is 5.26 Å². The zero-order chi connectivity index (χ0) is 21.1. The minimum absolute atomic E-state index is 0.187. The Bertz CT molecular complexity index is 1310. The van der Waals surface area contributed by atoms with Gasteiger partial charge < -0.3 is 0 Å². The number of nitriles is 1. The fraction of sp³-hybridized carbons (Fsp3) is 0.167. The maximum Gasteiger partial charge on any atom is 0.267 e. The van der Waals surface area contributed by atoms with E-state index in [4.69, 9.17) is 4.98 Å². The molecule has 1 atom stereocenters. The molecular formula is C24H20N4OS. The van der Waals surface area contributed by atoms with Crippen molar-refractivity contribution in [2.45, 2.75) is 30.7 Å². The molecule has 4 aromatic rings. The van der Waals surface area contributed by atoms with Gasteiger partial charge >= 0.3 is 0 Å². The number of nitrogens with zero attached hydrogens (tertiary/aromatic N) is 4. The zero-order valence-corrected chi connectivity index (χ0v) is 17.6. The van der Waals surface area contributed by atoms with Gasteiger partial charge in [0.05, 0.1) is 17.0 Å². The average molecular weight is 413 g/mol. The van der Waals surface area contributed by atoms with E-state index in [-0.39, 0.29) is 5.56 Å². The number of hydrogen-bond donors (Lipinski definition) is 0. The van der Waals surface area contributed by atoms with Crippen molar-refractivity contribution in [2.24, 2.45) is 0 Å². The van der Waals surface area contributed by atoms with Crippen LogP contribution < -0.4 is 5.56 Å². The number of para-hydroxylation sites is 1. The van der Waals surface area contributed by atoms with Gasteiger partial charge in [0.15, 0.2) is 5.16 Å². The third-order valence-corrected chi connectivity index (χ3v) is 5.85. The third-order valence-electron chi connectivity index (χ3n) is 4.81. The number of pyridine rings is 1. The smallest absolute Gasteiger partial charge is 0.267 e. The molecule has 4 rings (SSSR count). The molecule has 0 aliphatic rings. The number of fused-ring (bicyclic) bond motifs is 1. The number of thioether (sulfide) groups is 1. The summed E-state index contributed by atoms with van der Waals surface area (Å²) in [7, 11) is 0. The van der Waals surface area contributed by atoms with Crippen molar-refractivity contribution in [3.05, 3.63) is 93.9 Å². The van der Waals surface area contributed by atoms with Crippen LogP contribution in [0.3, 0.4) is 0 Å². The molecule has 0 fully saturated rings. The molecule has 0 N–H and O–H groups in total. The topological polar surface area (TPSA) is 71.6 Å². The van der Waals surface area contributed by atoms with Crippen molar-refractivity contribution in [2.75, 3.05) is 0 Å². The van der Waals surface area contributed by atoms with E-state index in [2.05, 4.69) is 11.1 Å². The highest BCUT2D eigenvalue weighted by molar-refractivity contribution is 8.00. The summed E-state index contributed by atoms with van der Waals surface area (Å²) in [4.78, 5) is 22.4. The van der Waals surface area contributed by atoms with Gasteiger partial charge in [-0.2, -0.15) is 5.26 Å². The van der Waals surface area contributed by atoms with Crippen molar-refractivity contribution < 1.29 is 0 Å². The molecule has 2 aromatic heterocycles. The van der Waals surface area contributed by atoms with Crippen LogP contribution >= 0.6 is 11.8 Å². The largest absolute Gasteiger partial charge is 0.268 e. The molecule has 0 aliphatic heterocycles. The number of hydrogen-bond acceptors (Lipinski definition) is 5. The number of aryl methyl sites for hydroxylation is 2.